The van der Waals surface area contributed by atoms with Crippen LogP contribution in [0.25, 0.3) is 33.0 Å². The van der Waals surface area contributed by atoms with Gasteiger partial charge in [-0.25, -0.2) is 18.7 Å². The molecule has 4 N–H and O–H groups in total. The number of carbonyl (C=O) groups is 2. The number of hydrogen-bond donors (Lipinski definition) is 3. The highest BCUT2D eigenvalue weighted by Gasteiger charge is 2.46. The molecule has 0 aliphatic carbocycles. The topological polar surface area (TPSA) is 175 Å². The fourth-order valence-corrected chi connectivity index (χ4v) is 8.44. The molecule has 4 heterocycles. The molecule has 16 heteroatoms. The van der Waals surface area contributed by atoms with Crippen LogP contribution in [0.4, 0.5) is 31.8 Å². The Kier molecular flexibility index (Phi) is 13.8. The standard InChI is InChI=1S/C25H28FN7O.C25H30FN5O.CH4/c1-16-6-12-19(13-7-16)28-21-20(17-8-10-18(26)11-9-17)29-22-25(4,5)33(15-14-32(21)22)23(34)24(2,3)30-31-27;1-16-6-12-19(13-7-16)28-21-20(17-8-10-18(26)11-9-17)29-22-25(4,5)31(15-14-30(21)22)23(32)24(2,3)27;/h6-13,28H,14-15H2,1-5H3;6-13,28H,14-15,27H2,1-5H3;1H4. The van der Waals surface area contributed by atoms with Gasteiger partial charge in [0.25, 0.3) is 0 Å². The van der Waals surface area contributed by atoms with Crippen LogP contribution in [0.15, 0.2) is 102 Å². The van der Waals surface area contributed by atoms with Gasteiger partial charge >= 0.3 is 0 Å². The quantitative estimate of drug-likeness (QED) is 0.0735. The van der Waals surface area contributed by atoms with Crippen LogP contribution in [-0.4, -0.2) is 64.9 Å². The summed E-state index contributed by atoms with van der Waals surface area (Å²) in [5.41, 5.74) is 18.5. The fourth-order valence-electron chi connectivity index (χ4n) is 8.44. The summed E-state index contributed by atoms with van der Waals surface area (Å²) in [6, 6.07) is 28.7. The Labute approximate surface area is 391 Å². The smallest absolute Gasteiger partial charge is 0.242 e. The number of hydrogen-bond acceptors (Lipinski definition) is 8. The van der Waals surface area contributed by atoms with Crippen LogP contribution < -0.4 is 16.4 Å². The second-order valence-electron chi connectivity index (χ2n) is 19.1. The van der Waals surface area contributed by atoms with Crippen molar-refractivity contribution >= 4 is 34.8 Å². The maximum absolute atomic E-state index is 13.6. The van der Waals surface area contributed by atoms with Crippen LogP contribution in [0.5, 0.6) is 0 Å². The molecule has 8 rings (SSSR count). The monoisotopic (exact) mass is 913 g/mol. The number of amides is 2. The van der Waals surface area contributed by atoms with Crippen LogP contribution in [0.2, 0.25) is 0 Å². The van der Waals surface area contributed by atoms with E-state index in [0.29, 0.717) is 37.7 Å². The number of fused-ring (bicyclic) bond motifs is 2. The van der Waals surface area contributed by atoms with Crippen molar-refractivity contribution < 1.29 is 18.4 Å². The van der Waals surface area contributed by atoms with Crippen molar-refractivity contribution in [1.29, 1.82) is 0 Å². The van der Waals surface area contributed by atoms with Gasteiger partial charge in [0.05, 0.1) is 16.6 Å². The number of aromatic nitrogens is 4. The summed E-state index contributed by atoms with van der Waals surface area (Å²) < 4.78 is 31.4. The lowest BCUT2D eigenvalue weighted by Gasteiger charge is -2.44. The highest BCUT2D eigenvalue weighted by atomic mass is 19.1. The zero-order chi connectivity index (χ0) is 47.9. The molecule has 0 atom stereocenters. The molecule has 0 spiro atoms. The summed E-state index contributed by atoms with van der Waals surface area (Å²) in [6.07, 6.45) is 0. The lowest BCUT2D eigenvalue weighted by atomic mass is 9.94. The van der Waals surface area contributed by atoms with E-state index >= 15 is 0 Å². The molecule has 0 radical (unpaired) electrons. The third-order valence-corrected chi connectivity index (χ3v) is 12.2. The zero-order valence-corrected chi connectivity index (χ0v) is 39.2. The first-order valence-corrected chi connectivity index (χ1v) is 21.9. The summed E-state index contributed by atoms with van der Waals surface area (Å²) in [7, 11) is 0. The summed E-state index contributed by atoms with van der Waals surface area (Å²) in [6.45, 7) is 20.6. The first kappa shape index (κ1) is 49.4. The van der Waals surface area contributed by atoms with Crippen LogP contribution in [-0.2, 0) is 33.8 Å². The number of nitrogens with two attached hydrogens (primary N) is 1. The first-order chi connectivity index (χ1) is 31.0. The van der Waals surface area contributed by atoms with E-state index in [9.17, 15) is 18.4 Å². The molecule has 0 saturated heterocycles. The normalized spacial score (nSPS) is 14.9. The van der Waals surface area contributed by atoms with Gasteiger partial charge in [0.2, 0.25) is 11.8 Å². The van der Waals surface area contributed by atoms with E-state index in [0.717, 1.165) is 51.2 Å². The molecule has 2 amide bonds. The second kappa shape index (κ2) is 18.7. The van der Waals surface area contributed by atoms with Crippen LogP contribution in [0.1, 0.15) is 85.6 Å². The molecule has 67 heavy (non-hydrogen) atoms. The van der Waals surface area contributed by atoms with Gasteiger partial charge in [0.15, 0.2) is 0 Å². The van der Waals surface area contributed by atoms with Crippen molar-refractivity contribution in [2.75, 3.05) is 23.7 Å². The van der Waals surface area contributed by atoms with Gasteiger partial charge in [-0.15, -0.1) is 0 Å². The molecule has 0 fully saturated rings. The zero-order valence-electron chi connectivity index (χ0n) is 39.2. The Morgan fingerprint density at radius 2 is 1.00 bits per heavy atom. The lowest BCUT2D eigenvalue weighted by Crippen LogP contribution is -2.60. The Balaban J connectivity index is 0.000000218. The number of nitrogens with one attached hydrogen (secondary N) is 2. The number of halogens is 2. The Hall–Kier alpha value is -7.03. The highest BCUT2D eigenvalue weighted by molar-refractivity contribution is 5.87. The van der Waals surface area contributed by atoms with Gasteiger partial charge in [-0.05, 0) is 148 Å². The molecule has 0 unspecified atom stereocenters. The first-order valence-electron chi connectivity index (χ1n) is 21.9. The predicted octanol–water partition coefficient (Wildman–Crippen LogP) is 11.1. The van der Waals surface area contributed by atoms with Crippen LogP contribution in [0.3, 0.4) is 0 Å². The number of imidazole rings is 2. The van der Waals surface area contributed by atoms with Gasteiger partial charge in [-0.3, -0.25) is 9.59 Å². The summed E-state index contributed by atoms with van der Waals surface area (Å²) in [5.74, 6) is 2.05. The summed E-state index contributed by atoms with van der Waals surface area (Å²) in [4.78, 5) is 42.7. The summed E-state index contributed by atoms with van der Waals surface area (Å²) >= 11 is 0. The van der Waals surface area contributed by atoms with E-state index in [1.165, 1.54) is 29.8 Å². The maximum atomic E-state index is 13.6. The number of aryl methyl sites for hydroxylation is 2. The van der Waals surface area contributed by atoms with Crippen molar-refractivity contribution in [1.82, 2.24) is 28.9 Å². The van der Waals surface area contributed by atoms with Crippen molar-refractivity contribution in [2.24, 2.45) is 10.8 Å². The van der Waals surface area contributed by atoms with E-state index in [1.807, 2.05) is 90.1 Å². The van der Waals surface area contributed by atoms with E-state index < -0.39 is 22.2 Å². The van der Waals surface area contributed by atoms with E-state index in [4.69, 9.17) is 21.2 Å². The molecule has 0 saturated carbocycles. The van der Waals surface area contributed by atoms with Crippen LogP contribution >= 0.6 is 0 Å². The highest BCUT2D eigenvalue weighted by Crippen LogP contribution is 2.42. The van der Waals surface area contributed by atoms with E-state index in [-0.39, 0.29) is 30.9 Å². The predicted molar refractivity (Wildman–Crippen MR) is 262 cm³/mol. The molecule has 0 bridgehead atoms. The fraction of sp³-hybridized carbons (Fsp3) is 0.373. The molecule has 14 nitrogen and oxygen atoms in total. The number of benzene rings is 4. The number of carbonyl (C=O) groups excluding carboxylic acids is 2. The molecule has 6 aromatic rings. The third kappa shape index (κ3) is 9.91. The molecule has 2 aliphatic rings. The SMILES string of the molecule is C.Cc1ccc(Nc2c(-c3ccc(F)cc3)nc3n2CCN(C(=O)C(C)(C)N)C3(C)C)cc1.Cc1ccc(Nc2c(-c3ccc(F)cc3)nc3n2CCN(C(=O)C(C)(C)N=[N+]=[N-])C3(C)C)cc1. The van der Waals surface area contributed by atoms with Gasteiger partial charge in [0.1, 0.15) is 51.8 Å². The molecular formula is C51H62F2N12O2. The molecular weight excluding hydrogens is 851 g/mol. The van der Waals surface area contributed by atoms with Gasteiger partial charge in [-0.2, -0.15) is 0 Å². The van der Waals surface area contributed by atoms with Crippen molar-refractivity contribution in [3.05, 3.63) is 142 Å². The molecule has 352 valence electrons. The second-order valence-corrected chi connectivity index (χ2v) is 19.1. The van der Waals surface area contributed by atoms with Crippen molar-refractivity contribution in [2.45, 2.75) is 112 Å². The number of anilines is 4. The molecule has 2 aliphatic heterocycles. The number of nitrogens with zero attached hydrogens (tertiary/aromatic N) is 9. The Morgan fingerprint density at radius 3 is 1.34 bits per heavy atom. The van der Waals surface area contributed by atoms with E-state index in [1.54, 1.807) is 61.8 Å². The minimum atomic E-state index is -1.22. The molecule has 4 aromatic carbocycles. The maximum Gasteiger partial charge on any atom is 0.242 e. The largest absolute Gasteiger partial charge is 0.340 e. The summed E-state index contributed by atoms with van der Waals surface area (Å²) in [5, 5.41) is 10.7. The van der Waals surface area contributed by atoms with E-state index in [2.05, 4.69) is 29.8 Å². The minimum Gasteiger partial charge on any atom is -0.340 e. The van der Waals surface area contributed by atoms with Gasteiger partial charge < -0.3 is 35.3 Å². The number of azide groups is 1. The van der Waals surface area contributed by atoms with Crippen molar-refractivity contribution in [3.63, 3.8) is 0 Å². The average molecular weight is 913 g/mol. The minimum absolute atomic E-state index is 0. The van der Waals surface area contributed by atoms with Crippen LogP contribution in [0, 0.1) is 25.5 Å². The Morgan fingerprint density at radius 1 is 0.642 bits per heavy atom. The number of rotatable bonds is 9. The lowest BCUT2D eigenvalue weighted by molar-refractivity contribution is -0.144. The molecule has 2 aromatic heterocycles. The Bertz CT molecular complexity index is 2800. The van der Waals surface area contributed by atoms with Gasteiger partial charge in [0, 0.05) is 53.6 Å². The average Bonchev–Trinajstić information content (AvgIpc) is 3.82. The third-order valence-electron chi connectivity index (χ3n) is 12.2. The van der Waals surface area contributed by atoms with Gasteiger partial charge in [-0.1, -0.05) is 47.9 Å². The van der Waals surface area contributed by atoms with Crippen molar-refractivity contribution in [3.8, 4) is 22.5 Å².